The fourth-order valence-electron chi connectivity index (χ4n) is 3.34. The zero-order valence-electron chi connectivity index (χ0n) is 9.07. The largest absolute Gasteiger partial charge is 0.465 e. The third-order valence-electron chi connectivity index (χ3n) is 3.94. The third kappa shape index (κ3) is 1.39. The Bertz CT molecular complexity index is 442. The van der Waals surface area contributed by atoms with Crippen LogP contribution in [0, 0.1) is 0 Å². The van der Waals surface area contributed by atoms with E-state index in [1.807, 2.05) is 0 Å². The highest BCUT2D eigenvalue weighted by Gasteiger charge is 2.37. The van der Waals surface area contributed by atoms with E-state index in [-0.39, 0.29) is 0 Å². The fourth-order valence-corrected chi connectivity index (χ4v) is 3.34. The molecule has 3 rings (SSSR count). The summed E-state index contributed by atoms with van der Waals surface area (Å²) in [5, 5.41) is 11.1. The molecule has 1 saturated carbocycles. The molecule has 1 amide bonds. The number of carboxylic acid groups (broad SMARTS) is 1. The van der Waals surface area contributed by atoms with Crippen molar-refractivity contribution in [2.24, 2.45) is 0 Å². The standard InChI is InChI=1S/C13H15NO2/c15-13(16)14-7-10-2-1-3-11-8-4-5-9(6-8)12(10)11/h1-3,8-9,14H,4-7H2,(H,15,16). The van der Waals surface area contributed by atoms with E-state index in [1.165, 1.54) is 36.0 Å². The van der Waals surface area contributed by atoms with Crippen LogP contribution in [0.2, 0.25) is 0 Å². The van der Waals surface area contributed by atoms with Gasteiger partial charge in [0.1, 0.15) is 0 Å². The van der Waals surface area contributed by atoms with E-state index in [0.717, 1.165) is 5.92 Å². The topological polar surface area (TPSA) is 49.3 Å². The predicted octanol–water partition coefficient (Wildman–Crippen LogP) is 2.82. The van der Waals surface area contributed by atoms with Crippen LogP contribution in [-0.2, 0) is 6.54 Å². The van der Waals surface area contributed by atoms with Crippen molar-refractivity contribution in [2.75, 3.05) is 0 Å². The molecule has 0 radical (unpaired) electrons. The summed E-state index contributed by atoms with van der Waals surface area (Å²) in [4.78, 5) is 10.5. The Labute approximate surface area is 94.5 Å². The molecule has 84 valence electrons. The van der Waals surface area contributed by atoms with Crippen LogP contribution < -0.4 is 5.32 Å². The van der Waals surface area contributed by atoms with Gasteiger partial charge in [-0.1, -0.05) is 18.2 Å². The molecule has 0 spiro atoms. The van der Waals surface area contributed by atoms with E-state index in [4.69, 9.17) is 5.11 Å². The number of nitrogens with one attached hydrogen (secondary N) is 1. The van der Waals surface area contributed by atoms with E-state index in [0.29, 0.717) is 12.5 Å². The second-order valence-corrected chi connectivity index (χ2v) is 4.79. The molecule has 1 fully saturated rings. The zero-order chi connectivity index (χ0) is 11.1. The van der Waals surface area contributed by atoms with Gasteiger partial charge < -0.3 is 10.4 Å². The van der Waals surface area contributed by atoms with Crippen LogP contribution in [0.3, 0.4) is 0 Å². The number of amides is 1. The van der Waals surface area contributed by atoms with Gasteiger partial charge in [0.25, 0.3) is 0 Å². The van der Waals surface area contributed by atoms with Crippen LogP contribution in [0.15, 0.2) is 18.2 Å². The monoisotopic (exact) mass is 217 g/mol. The number of benzene rings is 1. The summed E-state index contributed by atoms with van der Waals surface area (Å²) < 4.78 is 0. The van der Waals surface area contributed by atoms with Crippen molar-refractivity contribution in [3.8, 4) is 0 Å². The first-order valence-electron chi connectivity index (χ1n) is 5.84. The van der Waals surface area contributed by atoms with Gasteiger partial charge in [0.05, 0.1) is 0 Å². The molecule has 3 heteroatoms. The number of hydrogen-bond acceptors (Lipinski definition) is 1. The van der Waals surface area contributed by atoms with Crippen molar-refractivity contribution in [3.63, 3.8) is 0 Å². The van der Waals surface area contributed by atoms with Crippen LogP contribution in [0.1, 0.15) is 47.8 Å². The molecule has 2 aliphatic carbocycles. The lowest BCUT2D eigenvalue weighted by atomic mass is 9.88. The van der Waals surface area contributed by atoms with Gasteiger partial charge in [-0.25, -0.2) is 4.79 Å². The molecule has 2 aliphatic rings. The average molecular weight is 217 g/mol. The Morgan fingerprint density at radius 3 is 3.00 bits per heavy atom. The molecule has 2 N–H and O–H groups in total. The summed E-state index contributed by atoms with van der Waals surface area (Å²) >= 11 is 0. The Hall–Kier alpha value is -1.51. The summed E-state index contributed by atoms with van der Waals surface area (Å²) in [6.07, 6.45) is 2.93. The van der Waals surface area contributed by atoms with Crippen molar-refractivity contribution >= 4 is 6.09 Å². The zero-order valence-corrected chi connectivity index (χ0v) is 9.07. The summed E-state index contributed by atoms with van der Waals surface area (Å²) in [6.45, 7) is 0.446. The SMILES string of the molecule is O=C(O)NCc1cccc2c1C1CCC2C1. The van der Waals surface area contributed by atoms with Crippen LogP contribution in [0.4, 0.5) is 4.79 Å². The van der Waals surface area contributed by atoms with Crippen LogP contribution >= 0.6 is 0 Å². The van der Waals surface area contributed by atoms with Gasteiger partial charge >= 0.3 is 6.09 Å². The minimum Gasteiger partial charge on any atom is -0.465 e. The van der Waals surface area contributed by atoms with E-state index >= 15 is 0 Å². The van der Waals surface area contributed by atoms with Gasteiger partial charge in [0.15, 0.2) is 0 Å². The molecular weight excluding hydrogens is 202 g/mol. The van der Waals surface area contributed by atoms with E-state index < -0.39 is 6.09 Å². The van der Waals surface area contributed by atoms with Crippen molar-refractivity contribution in [2.45, 2.75) is 37.6 Å². The van der Waals surface area contributed by atoms with E-state index in [9.17, 15) is 4.79 Å². The number of carbonyl (C=O) groups is 1. The molecule has 0 saturated heterocycles. The van der Waals surface area contributed by atoms with Crippen LogP contribution in [-0.4, -0.2) is 11.2 Å². The Balaban J connectivity index is 1.93. The average Bonchev–Trinajstić information content (AvgIpc) is 2.87. The van der Waals surface area contributed by atoms with Crippen molar-refractivity contribution in [1.29, 1.82) is 0 Å². The van der Waals surface area contributed by atoms with E-state index in [2.05, 4.69) is 23.5 Å². The van der Waals surface area contributed by atoms with Crippen LogP contribution in [0.5, 0.6) is 0 Å². The molecule has 2 atom stereocenters. The Morgan fingerprint density at radius 1 is 1.38 bits per heavy atom. The summed E-state index contributed by atoms with van der Waals surface area (Å²) in [7, 11) is 0. The number of rotatable bonds is 2. The lowest BCUT2D eigenvalue weighted by Gasteiger charge is -2.18. The summed E-state index contributed by atoms with van der Waals surface area (Å²) in [5.41, 5.74) is 4.08. The maximum absolute atomic E-state index is 10.5. The number of hydrogen-bond donors (Lipinski definition) is 2. The molecule has 2 unspecified atom stereocenters. The van der Waals surface area contributed by atoms with Gasteiger partial charge in [-0.15, -0.1) is 0 Å². The highest BCUT2D eigenvalue weighted by atomic mass is 16.4. The molecule has 2 bridgehead atoms. The minimum atomic E-state index is -0.944. The second-order valence-electron chi connectivity index (χ2n) is 4.79. The van der Waals surface area contributed by atoms with Gasteiger partial charge in [0, 0.05) is 6.54 Å². The normalized spacial score (nSPS) is 25.5. The highest BCUT2D eigenvalue weighted by molar-refractivity contribution is 5.64. The summed E-state index contributed by atoms with van der Waals surface area (Å²) in [6, 6.07) is 6.32. The quantitative estimate of drug-likeness (QED) is 0.800. The van der Waals surface area contributed by atoms with Gasteiger partial charge in [0.2, 0.25) is 0 Å². The van der Waals surface area contributed by atoms with Gasteiger partial charge in [-0.3, -0.25) is 0 Å². The molecule has 0 heterocycles. The predicted molar refractivity (Wildman–Crippen MR) is 60.6 cm³/mol. The maximum Gasteiger partial charge on any atom is 0.404 e. The molecule has 1 aromatic rings. The molecule has 16 heavy (non-hydrogen) atoms. The highest BCUT2D eigenvalue weighted by Crippen LogP contribution is 2.53. The first-order chi connectivity index (χ1) is 7.75. The van der Waals surface area contributed by atoms with Gasteiger partial charge in [-0.2, -0.15) is 0 Å². The summed E-state index contributed by atoms with van der Waals surface area (Å²) in [5.74, 6) is 1.43. The van der Waals surface area contributed by atoms with Crippen LogP contribution in [0.25, 0.3) is 0 Å². The second kappa shape index (κ2) is 3.51. The Morgan fingerprint density at radius 2 is 2.19 bits per heavy atom. The molecule has 1 aromatic carbocycles. The molecule has 3 nitrogen and oxygen atoms in total. The van der Waals surface area contributed by atoms with Gasteiger partial charge in [-0.05, 0) is 47.8 Å². The maximum atomic E-state index is 10.5. The number of fused-ring (bicyclic) bond motifs is 5. The lowest BCUT2D eigenvalue weighted by molar-refractivity contribution is 0.194. The van der Waals surface area contributed by atoms with Crippen molar-refractivity contribution in [3.05, 3.63) is 34.9 Å². The smallest absolute Gasteiger partial charge is 0.404 e. The molecule has 0 aromatic heterocycles. The third-order valence-corrected chi connectivity index (χ3v) is 3.94. The molecule has 0 aliphatic heterocycles. The van der Waals surface area contributed by atoms with Crippen molar-refractivity contribution < 1.29 is 9.90 Å². The van der Waals surface area contributed by atoms with Crippen molar-refractivity contribution in [1.82, 2.24) is 5.32 Å². The first-order valence-corrected chi connectivity index (χ1v) is 5.84. The molecular formula is C13H15NO2. The fraction of sp³-hybridized carbons (Fsp3) is 0.462. The lowest BCUT2D eigenvalue weighted by Crippen LogP contribution is -2.21. The first kappa shape index (κ1) is 9.70. The Kier molecular flexibility index (Phi) is 2.13. The minimum absolute atomic E-state index is 0.446. The van der Waals surface area contributed by atoms with E-state index in [1.54, 1.807) is 0 Å².